The van der Waals surface area contributed by atoms with Crippen LogP contribution >= 0.6 is 15.9 Å². The van der Waals surface area contributed by atoms with E-state index >= 15 is 0 Å². The van der Waals surface area contributed by atoms with Gasteiger partial charge in [0.2, 0.25) is 0 Å². The average molecular weight is 526 g/mol. The van der Waals surface area contributed by atoms with Crippen molar-refractivity contribution in [2.24, 2.45) is 0 Å². The number of nitro benzene ring substituents is 2. The monoisotopic (exact) mass is 525 g/mol. The number of nitrogens with zero attached hydrogens (tertiary/aromatic N) is 4. The van der Waals surface area contributed by atoms with Crippen molar-refractivity contribution in [3.8, 4) is 6.07 Å². The highest BCUT2D eigenvalue weighted by Gasteiger charge is 2.16. The lowest BCUT2D eigenvalue weighted by atomic mass is 10.1. The van der Waals surface area contributed by atoms with Crippen LogP contribution in [0.25, 0.3) is 0 Å². The van der Waals surface area contributed by atoms with Crippen molar-refractivity contribution in [2.45, 2.75) is 13.5 Å². The van der Waals surface area contributed by atoms with E-state index in [0.29, 0.717) is 34.6 Å². The quantitative estimate of drug-likeness (QED) is 0.193. The lowest BCUT2D eigenvalue weighted by Crippen LogP contribution is -2.22. The third-order valence-corrected chi connectivity index (χ3v) is 5.63. The molecule has 0 bridgehead atoms. The molecule has 12 heteroatoms. The molecule has 0 heterocycles. The molecule has 11 nitrogen and oxygen atoms in total. The average Bonchev–Trinajstić information content (AvgIpc) is 2.82. The Kier molecular flexibility index (Phi) is 7.50. The zero-order chi connectivity index (χ0) is 24.8. The van der Waals surface area contributed by atoms with Crippen LogP contribution in [0, 0.1) is 31.6 Å². The smallest absolute Gasteiger partial charge is 0.272 e. The number of rotatable bonds is 9. The number of hydrogen-bond donors (Lipinski definition) is 3. The molecule has 0 radical (unpaired) electrons. The number of nitrogens with one attached hydrogen (secondary N) is 2. The fourth-order valence-electron chi connectivity index (χ4n) is 3.28. The first-order valence-electron chi connectivity index (χ1n) is 10.0. The lowest BCUT2D eigenvalue weighted by Gasteiger charge is -2.24. The van der Waals surface area contributed by atoms with Crippen molar-refractivity contribution >= 4 is 50.1 Å². The number of hydrogen-bond acceptors (Lipinski definition) is 9. The van der Waals surface area contributed by atoms with Crippen molar-refractivity contribution in [3.63, 3.8) is 0 Å². The Morgan fingerprint density at radius 3 is 2.41 bits per heavy atom. The normalized spacial score (nSPS) is 10.3. The molecule has 3 aromatic carbocycles. The fourth-order valence-corrected chi connectivity index (χ4v) is 3.83. The molecule has 0 saturated heterocycles. The lowest BCUT2D eigenvalue weighted by molar-refractivity contribution is -0.385. The summed E-state index contributed by atoms with van der Waals surface area (Å²) in [5, 5.41) is 31.4. The van der Waals surface area contributed by atoms with Crippen LogP contribution in [0.3, 0.4) is 0 Å². The molecule has 0 aliphatic heterocycles. The summed E-state index contributed by atoms with van der Waals surface area (Å²) in [5.74, 6) is 0. The Morgan fingerprint density at radius 2 is 1.79 bits per heavy atom. The topological polar surface area (TPSA) is 163 Å². The van der Waals surface area contributed by atoms with Gasteiger partial charge in [0, 0.05) is 43.0 Å². The molecule has 0 saturated carbocycles. The highest BCUT2D eigenvalue weighted by molar-refractivity contribution is 9.10. The number of benzene rings is 3. The number of hydrazine groups is 1. The van der Waals surface area contributed by atoms with Gasteiger partial charge in [0.1, 0.15) is 6.07 Å². The maximum absolute atomic E-state index is 11.0. The number of anilines is 4. The number of nitro groups is 2. The minimum absolute atomic E-state index is 0.0350. The van der Waals surface area contributed by atoms with Crippen LogP contribution < -0.4 is 21.5 Å². The first-order valence-corrected chi connectivity index (χ1v) is 10.8. The van der Waals surface area contributed by atoms with E-state index in [1.807, 2.05) is 30.0 Å². The Labute approximate surface area is 203 Å². The second kappa shape index (κ2) is 10.5. The summed E-state index contributed by atoms with van der Waals surface area (Å²) in [6.07, 6.45) is 0. The van der Waals surface area contributed by atoms with Crippen molar-refractivity contribution in [2.75, 3.05) is 28.0 Å². The van der Waals surface area contributed by atoms with Crippen molar-refractivity contribution in [1.82, 2.24) is 0 Å². The molecule has 3 aromatic rings. The molecule has 3 rings (SSSR count). The second-order valence-corrected chi connectivity index (χ2v) is 8.04. The molecule has 0 aliphatic rings. The van der Waals surface area contributed by atoms with Crippen LogP contribution in [0.4, 0.5) is 34.1 Å². The van der Waals surface area contributed by atoms with Gasteiger partial charge in [-0.25, -0.2) is 0 Å². The Hall–Kier alpha value is -4.37. The summed E-state index contributed by atoms with van der Waals surface area (Å²) < 4.78 is 0.343. The zero-order valence-electron chi connectivity index (χ0n) is 18.0. The number of non-ortho nitro benzene ring substituents is 2. The molecular formula is C22H20BrN7O4. The Balaban J connectivity index is 1.77. The number of halogens is 1. The van der Waals surface area contributed by atoms with Gasteiger partial charge in [-0.1, -0.05) is 12.1 Å². The molecule has 0 amide bonds. The molecule has 34 heavy (non-hydrogen) atoms. The molecule has 0 atom stereocenters. The van der Waals surface area contributed by atoms with E-state index < -0.39 is 9.85 Å². The molecule has 0 aliphatic carbocycles. The summed E-state index contributed by atoms with van der Waals surface area (Å²) in [7, 11) is 0. The van der Waals surface area contributed by atoms with Gasteiger partial charge in [-0.2, -0.15) is 5.26 Å². The maximum atomic E-state index is 11.0. The summed E-state index contributed by atoms with van der Waals surface area (Å²) in [6.45, 7) is 3.08. The van der Waals surface area contributed by atoms with Gasteiger partial charge in [-0.15, -0.1) is 0 Å². The molecule has 0 unspecified atom stereocenters. The molecular weight excluding hydrogens is 506 g/mol. The maximum Gasteiger partial charge on any atom is 0.272 e. The predicted octanol–water partition coefficient (Wildman–Crippen LogP) is 5.18. The minimum atomic E-state index is -0.577. The Bertz CT molecular complexity index is 1290. The fraction of sp³-hybridized carbons (Fsp3) is 0.136. The summed E-state index contributed by atoms with van der Waals surface area (Å²) in [6, 6.07) is 16.2. The summed E-state index contributed by atoms with van der Waals surface area (Å²) >= 11 is 3.25. The largest absolute Gasteiger partial charge is 0.397 e. The van der Waals surface area contributed by atoms with Crippen LogP contribution in [0.15, 0.2) is 59.1 Å². The van der Waals surface area contributed by atoms with E-state index in [0.717, 1.165) is 11.3 Å². The predicted molar refractivity (Wildman–Crippen MR) is 133 cm³/mol. The van der Waals surface area contributed by atoms with Crippen molar-refractivity contribution in [3.05, 3.63) is 90.4 Å². The van der Waals surface area contributed by atoms with Gasteiger partial charge in [-0.3, -0.25) is 31.1 Å². The third-order valence-electron chi connectivity index (χ3n) is 5.01. The Morgan fingerprint density at radius 1 is 1.06 bits per heavy atom. The summed E-state index contributed by atoms with van der Waals surface area (Å²) in [4.78, 5) is 23.1. The highest BCUT2D eigenvalue weighted by Crippen LogP contribution is 2.32. The van der Waals surface area contributed by atoms with Gasteiger partial charge in [-0.05, 0) is 46.6 Å². The van der Waals surface area contributed by atoms with Gasteiger partial charge in [0.15, 0.2) is 0 Å². The molecule has 0 fully saturated rings. The first-order chi connectivity index (χ1) is 16.2. The van der Waals surface area contributed by atoms with Gasteiger partial charge >= 0.3 is 0 Å². The van der Waals surface area contributed by atoms with Crippen LogP contribution in [0.2, 0.25) is 0 Å². The highest BCUT2D eigenvalue weighted by atomic mass is 79.9. The molecule has 4 N–H and O–H groups in total. The van der Waals surface area contributed by atoms with E-state index in [9.17, 15) is 25.5 Å². The third kappa shape index (κ3) is 5.51. The molecule has 0 aromatic heterocycles. The van der Waals surface area contributed by atoms with Crippen LogP contribution in [0.5, 0.6) is 0 Å². The van der Waals surface area contributed by atoms with Crippen LogP contribution in [-0.4, -0.2) is 16.4 Å². The standard InChI is InChI=1S/C22H20BrN7O4/c1-2-28(13-14-4-3-5-17(8-14)29(31)32)16-6-7-21(20(25)11-16)26-27-22-15(12-24)9-18(30(33)34)10-19(22)23/h3-11,26-27H,2,13,25H2,1H3. The second-order valence-electron chi connectivity index (χ2n) is 7.18. The van der Waals surface area contributed by atoms with Crippen LogP contribution in [-0.2, 0) is 6.54 Å². The van der Waals surface area contributed by atoms with Gasteiger partial charge in [0.25, 0.3) is 11.4 Å². The summed E-state index contributed by atoms with van der Waals surface area (Å²) in [5.41, 5.74) is 14.8. The van der Waals surface area contributed by atoms with E-state index in [2.05, 4.69) is 26.8 Å². The van der Waals surface area contributed by atoms with Gasteiger partial charge < -0.3 is 10.6 Å². The minimum Gasteiger partial charge on any atom is -0.397 e. The molecule has 174 valence electrons. The molecule has 0 spiro atoms. The number of nitrogen functional groups attached to an aromatic ring is 1. The SMILES string of the molecule is CCN(Cc1cccc([N+](=O)[O-])c1)c1ccc(NNc2c(Br)cc([N+](=O)[O-])cc2C#N)c(N)c1. The van der Waals surface area contributed by atoms with Crippen LogP contribution in [0.1, 0.15) is 18.1 Å². The van der Waals surface area contributed by atoms with Crippen molar-refractivity contribution in [1.29, 1.82) is 5.26 Å². The van der Waals surface area contributed by atoms with E-state index in [1.165, 1.54) is 18.2 Å². The first kappa shape index (κ1) is 24.3. The number of nitrogens with two attached hydrogens (primary N) is 1. The van der Waals surface area contributed by atoms with E-state index in [-0.39, 0.29) is 16.9 Å². The number of nitriles is 1. The van der Waals surface area contributed by atoms with Crippen molar-refractivity contribution < 1.29 is 9.85 Å². The van der Waals surface area contributed by atoms with E-state index in [4.69, 9.17) is 5.73 Å². The zero-order valence-corrected chi connectivity index (χ0v) is 19.6. The van der Waals surface area contributed by atoms with Gasteiger partial charge in [0.05, 0.1) is 36.9 Å². The van der Waals surface area contributed by atoms with E-state index in [1.54, 1.807) is 24.3 Å².